The van der Waals surface area contributed by atoms with Crippen molar-refractivity contribution in [3.8, 4) is 0 Å². The number of hydrogen-bond acceptors (Lipinski definition) is 3. The smallest absolute Gasteiger partial charge is 0.241 e. The van der Waals surface area contributed by atoms with Crippen molar-refractivity contribution in [1.29, 1.82) is 0 Å². The molecular formula is C17H31N3O. The molecule has 2 unspecified atom stereocenters. The Labute approximate surface area is 129 Å². The molecule has 0 radical (unpaired) electrons. The van der Waals surface area contributed by atoms with E-state index in [1.807, 2.05) is 0 Å². The SMILES string of the molecule is CCC1NC(C2CCCC2)N(CC2(N(C)C)CCC2)C1=O. The molecular weight excluding hydrogens is 262 g/mol. The average molecular weight is 293 g/mol. The minimum Gasteiger partial charge on any atom is -0.324 e. The van der Waals surface area contributed by atoms with E-state index in [2.05, 4.69) is 36.1 Å². The molecule has 1 N–H and O–H groups in total. The molecule has 0 spiro atoms. The first-order valence-electron chi connectivity index (χ1n) is 8.81. The third kappa shape index (κ3) is 2.61. The maximum absolute atomic E-state index is 12.8. The predicted molar refractivity (Wildman–Crippen MR) is 84.9 cm³/mol. The molecule has 3 fully saturated rings. The highest BCUT2D eigenvalue weighted by molar-refractivity contribution is 5.84. The Kier molecular flexibility index (Phi) is 4.28. The average Bonchev–Trinajstić information content (AvgIpc) is 3.02. The Hall–Kier alpha value is -0.610. The van der Waals surface area contributed by atoms with Crippen molar-refractivity contribution in [1.82, 2.24) is 15.1 Å². The van der Waals surface area contributed by atoms with Crippen molar-refractivity contribution in [2.24, 2.45) is 5.92 Å². The molecule has 0 aromatic heterocycles. The van der Waals surface area contributed by atoms with Gasteiger partial charge >= 0.3 is 0 Å². The van der Waals surface area contributed by atoms with Gasteiger partial charge in [0.1, 0.15) is 0 Å². The molecule has 1 amide bonds. The highest BCUT2D eigenvalue weighted by Gasteiger charge is 2.48. The second kappa shape index (κ2) is 5.88. The van der Waals surface area contributed by atoms with Gasteiger partial charge in [0, 0.05) is 12.1 Å². The van der Waals surface area contributed by atoms with E-state index in [9.17, 15) is 4.79 Å². The summed E-state index contributed by atoms with van der Waals surface area (Å²) in [6, 6.07) is 0.0508. The maximum atomic E-state index is 12.8. The van der Waals surface area contributed by atoms with Crippen LogP contribution in [0.4, 0.5) is 0 Å². The fourth-order valence-corrected chi connectivity index (χ4v) is 4.49. The normalized spacial score (nSPS) is 33.0. The molecule has 2 aliphatic carbocycles. The molecule has 1 aliphatic heterocycles. The number of rotatable bonds is 5. The fraction of sp³-hybridized carbons (Fsp3) is 0.941. The Morgan fingerprint density at radius 2 is 1.90 bits per heavy atom. The molecule has 0 aromatic rings. The molecule has 4 nitrogen and oxygen atoms in total. The number of amides is 1. The number of nitrogens with one attached hydrogen (secondary N) is 1. The summed E-state index contributed by atoms with van der Waals surface area (Å²) in [7, 11) is 4.35. The molecule has 2 atom stereocenters. The minimum absolute atomic E-state index is 0.0508. The van der Waals surface area contributed by atoms with Gasteiger partial charge in [-0.1, -0.05) is 19.8 Å². The predicted octanol–water partition coefficient (Wildman–Crippen LogP) is 2.20. The van der Waals surface area contributed by atoms with Crippen LogP contribution in [0, 0.1) is 5.92 Å². The van der Waals surface area contributed by atoms with E-state index in [1.54, 1.807) is 0 Å². The van der Waals surface area contributed by atoms with Gasteiger partial charge in [0.25, 0.3) is 0 Å². The zero-order chi connectivity index (χ0) is 15.0. The summed E-state index contributed by atoms with van der Waals surface area (Å²) in [5, 5.41) is 3.65. The second-order valence-electron chi connectivity index (χ2n) is 7.56. The summed E-state index contributed by atoms with van der Waals surface area (Å²) in [6.45, 7) is 3.04. The Balaban J connectivity index is 1.77. The van der Waals surface area contributed by atoms with Crippen LogP contribution in [0.1, 0.15) is 58.3 Å². The summed E-state index contributed by atoms with van der Waals surface area (Å²) in [4.78, 5) is 17.4. The lowest BCUT2D eigenvalue weighted by Gasteiger charge is -2.50. The van der Waals surface area contributed by atoms with E-state index in [1.165, 1.54) is 44.9 Å². The maximum Gasteiger partial charge on any atom is 0.241 e. The Morgan fingerprint density at radius 3 is 2.38 bits per heavy atom. The van der Waals surface area contributed by atoms with Gasteiger partial charge in [-0.05, 0) is 58.5 Å². The van der Waals surface area contributed by atoms with Crippen LogP contribution >= 0.6 is 0 Å². The van der Waals surface area contributed by atoms with Crippen molar-refractivity contribution in [2.45, 2.75) is 76.0 Å². The first kappa shape index (κ1) is 15.3. The van der Waals surface area contributed by atoms with Crippen LogP contribution in [0.3, 0.4) is 0 Å². The van der Waals surface area contributed by atoms with Gasteiger partial charge in [0.15, 0.2) is 0 Å². The van der Waals surface area contributed by atoms with Gasteiger partial charge in [0.2, 0.25) is 5.91 Å². The molecule has 21 heavy (non-hydrogen) atoms. The number of carbonyl (C=O) groups is 1. The van der Waals surface area contributed by atoms with Crippen molar-refractivity contribution in [3.63, 3.8) is 0 Å². The van der Waals surface area contributed by atoms with E-state index in [4.69, 9.17) is 0 Å². The van der Waals surface area contributed by atoms with Crippen LogP contribution in [0.5, 0.6) is 0 Å². The number of nitrogens with zero attached hydrogens (tertiary/aromatic N) is 2. The van der Waals surface area contributed by atoms with Gasteiger partial charge in [-0.2, -0.15) is 0 Å². The molecule has 0 bridgehead atoms. The highest BCUT2D eigenvalue weighted by Crippen LogP contribution is 2.40. The van der Waals surface area contributed by atoms with Crippen molar-refractivity contribution in [3.05, 3.63) is 0 Å². The molecule has 4 heteroatoms. The number of likely N-dealkylation sites (N-methyl/N-ethyl adjacent to an activating group) is 1. The lowest BCUT2D eigenvalue weighted by Crippen LogP contribution is -2.59. The summed E-state index contributed by atoms with van der Waals surface area (Å²) in [5.74, 6) is 1.02. The topological polar surface area (TPSA) is 35.6 Å². The van der Waals surface area contributed by atoms with Gasteiger partial charge < -0.3 is 9.80 Å². The minimum atomic E-state index is 0.0508. The lowest BCUT2D eigenvalue weighted by atomic mass is 9.75. The highest BCUT2D eigenvalue weighted by atomic mass is 16.2. The molecule has 120 valence electrons. The van der Waals surface area contributed by atoms with Gasteiger partial charge in [-0.15, -0.1) is 0 Å². The Bertz CT molecular complexity index is 385. The molecule has 3 aliphatic rings. The van der Waals surface area contributed by atoms with Gasteiger partial charge in [-0.3, -0.25) is 10.1 Å². The van der Waals surface area contributed by atoms with E-state index in [0.717, 1.165) is 13.0 Å². The van der Waals surface area contributed by atoms with E-state index in [-0.39, 0.29) is 11.6 Å². The van der Waals surface area contributed by atoms with Crippen LogP contribution in [0.2, 0.25) is 0 Å². The van der Waals surface area contributed by atoms with Crippen LogP contribution in [-0.4, -0.2) is 54.1 Å². The van der Waals surface area contributed by atoms with E-state index >= 15 is 0 Å². The molecule has 1 heterocycles. The van der Waals surface area contributed by atoms with Crippen LogP contribution in [-0.2, 0) is 4.79 Å². The summed E-state index contributed by atoms with van der Waals surface area (Å²) in [6.07, 6.45) is 10.2. The lowest BCUT2D eigenvalue weighted by molar-refractivity contribution is -0.133. The van der Waals surface area contributed by atoms with Gasteiger partial charge in [0.05, 0.1) is 12.2 Å². The first-order chi connectivity index (χ1) is 10.1. The molecule has 0 aromatic carbocycles. The third-order valence-corrected chi connectivity index (χ3v) is 6.24. The van der Waals surface area contributed by atoms with Crippen molar-refractivity contribution in [2.75, 3.05) is 20.6 Å². The van der Waals surface area contributed by atoms with Crippen LogP contribution in [0.25, 0.3) is 0 Å². The first-order valence-corrected chi connectivity index (χ1v) is 8.81. The quantitative estimate of drug-likeness (QED) is 0.844. The van der Waals surface area contributed by atoms with Crippen molar-refractivity contribution >= 4 is 5.91 Å². The zero-order valence-corrected chi connectivity index (χ0v) is 13.9. The summed E-state index contributed by atoms with van der Waals surface area (Å²) in [5.41, 5.74) is 0.233. The number of hydrogen-bond donors (Lipinski definition) is 1. The van der Waals surface area contributed by atoms with Crippen LogP contribution in [0.15, 0.2) is 0 Å². The summed E-state index contributed by atoms with van der Waals surface area (Å²) >= 11 is 0. The molecule has 1 saturated heterocycles. The summed E-state index contributed by atoms with van der Waals surface area (Å²) < 4.78 is 0. The van der Waals surface area contributed by atoms with Crippen molar-refractivity contribution < 1.29 is 4.79 Å². The van der Waals surface area contributed by atoms with Crippen LogP contribution < -0.4 is 5.32 Å². The Morgan fingerprint density at radius 1 is 1.24 bits per heavy atom. The standard InChI is InChI=1S/C17H31N3O/c1-4-14-16(21)20(12-17(19(2)3)10-7-11-17)15(18-14)13-8-5-6-9-13/h13-15,18H,4-12H2,1-3H3. The van der Waals surface area contributed by atoms with E-state index < -0.39 is 0 Å². The zero-order valence-electron chi connectivity index (χ0n) is 13.9. The number of carbonyl (C=O) groups excluding carboxylic acids is 1. The largest absolute Gasteiger partial charge is 0.324 e. The van der Waals surface area contributed by atoms with Gasteiger partial charge in [-0.25, -0.2) is 0 Å². The molecule has 3 rings (SSSR count). The monoisotopic (exact) mass is 293 g/mol. The third-order valence-electron chi connectivity index (χ3n) is 6.24. The molecule has 2 saturated carbocycles. The fourth-order valence-electron chi connectivity index (χ4n) is 4.49. The second-order valence-corrected chi connectivity index (χ2v) is 7.56. The van der Waals surface area contributed by atoms with E-state index in [0.29, 0.717) is 18.0 Å².